The number of nitrogens with one attached hydrogen (secondary N) is 2. The summed E-state index contributed by atoms with van der Waals surface area (Å²) in [5, 5.41) is 13.9. The Balaban J connectivity index is 1.63. The molecule has 0 radical (unpaired) electrons. The van der Waals surface area contributed by atoms with Crippen LogP contribution in [0, 0.1) is 6.92 Å². The van der Waals surface area contributed by atoms with E-state index in [0.29, 0.717) is 23.5 Å². The van der Waals surface area contributed by atoms with Crippen molar-refractivity contribution in [2.75, 3.05) is 5.32 Å². The zero-order valence-corrected chi connectivity index (χ0v) is 16.4. The van der Waals surface area contributed by atoms with Crippen molar-refractivity contribution < 1.29 is 9.59 Å². The van der Waals surface area contributed by atoms with Crippen molar-refractivity contribution in [3.8, 4) is 11.3 Å². The minimum atomic E-state index is -0.286. The first-order valence-electron chi connectivity index (χ1n) is 9.23. The normalized spacial score (nSPS) is 11.0. The fourth-order valence-electron chi connectivity index (χ4n) is 2.81. The summed E-state index contributed by atoms with van der Waals surface area (Å²) in [7, 11) is 1.80. The van der Waals surface area contributed by atoms with Crippen LogP contribution in [-0.4, -0.2) is 36.9 Å². The number of anilines is 1. The topological polar surface area (TPSA) is 107 Å². The van der Waals surface area contributed by atoms with Crippen molar-refractivity contribution in [1.29, 1.82) is 0 Å². The molecule has 9 nitrogen and oxygen atoms in total. The van der Waals surface area contributed by atoms with Crippen molar-refractivity contribution >= 4 is 18.0 Å². The van der Waals surface area contributed by atoms with Gasteiger partial charge in [-0.25, -0.2) is 4.98 Å². The van der Waals surface area contributed by atoms with Crippen molar-refractivity contribution in [2.45, 2.75) is 26.3 Å². The summed E-state index contributed by atoms with van der Waals surface area (Å²) in [6.07, 6.45) is 11.3. The lowest BCUT2D eigenvalue weighted by molar-refractivity contribution is -0.108. The van der Waals surface area contributed by atoms with Crippen LogP contribution in [0.25, 0.3) is 11.3 Å². The molecule has 150 valence electrons. The third kappa shape index (κ3) is 5.38. The monoisotopic (exact) mass is 393 g/mol. The van der Waals surface area contributed by atoms with E-state index in [1.165, 1.54) is 0 Å². The lowest BCUT2D eigenvalue weighted by Gasteiger charge is -2.04. The predicted molar refractivity (Wildman–Crippen MR) is 109 cm³/mol. The van der Waals surface area contributed by atoms with Crippen LogP contribution in [-0.2, 0) is 18.4 Å². The maximum absolute atomic E-state index is 12.5. The Hall–Kier alpha value is -3.75. The van der Waals surface area contributed by atoms with E-state index in [9.17, 15) is 9.59 Å². The van der Waals surface area contributed by atoms with Crippen molar-refractivity contribution in [1.82, 2.24) is 29.9 Å². The smallest absolute Gasteiger partial charge is 0.274 e. The third-order valence-corrected chi connectivity index (χ3v) is 4.21. The zero-order chi connectivity index (χ0) is 20.6. The molecule has 0 bridgehead atoms. The number of carbonyl (C=O) groups is 2. The number of allylic oxidation sites excluding steroid dienone is 1. The highest BCUT2D eigenvalue weighted by molar-refractivity contribution is 6.03. The predicted octanol–water partition coefficient (Wildman–Crippen LogP) is 2.28. The number of hydrogen-bond acceptors (Lipinski definition) is 5. The van der Waals surface area contributed by atoms with Gasteiger partial charge in [-0.2, -0.15) is 10.2 Å². The maximum Gasteiger partial charge on any atom is 0.274 e. The number of aryl methyl sites for hydroxylation is 3. The third-order valence-electron chi connectivity index (χ3n) is 4.21. The Labute approximate surface area is 168 Å². The number of pyridine rings is 1. The highest BCUT2D eigenvalue weighted by atomic mass is 16.2. The summed E-state index contributed by atoms with van der Waals surface area (Å²) < 4.78 is 3.49. The summed E-state index contributed by atoms with van der Waals surface area (Å²) in [6.45, 7) is 2.58. The second kappa shape index (κ2) is 9.45. The number of carbonyl (C=O) groups excluding carboxylic acids is 2. The van der Waals surface area contributed by atoms with Crippen molar-refractivity contribution in [3.63, 3.8) is 0 Å². The molecule has 0 aliphatic rings. The molecule has 2 N–H and O–H groups in total. The molecule has 2 amide bonds. The molecular weight excluding hydrogens is 370 g/mol. The van der Waals surface area contributed by atoms with Gasteiger partial charge in [0.15, 0.2) is 0 Å². The molecule has 3 aromatic rings. The van der Waals surface area contributed by atoms with E-state index in [1.54, 1.807) is 42.5 Å². The second-order valence-electron chi connectivity index (χ2n) is 6.49. The number of unbranched alkanes of at least 4 members (excludes halogenated alkanes) is 1. The lowest BCUT2D eigenvalue weighted by Crippen LogP contribution is -2.14. The van der Waals surface area contributed by atoms with Gasteiger partial charge in [0.25, 0.3) is 5.91 Å². The molecule has 0 saturated heterocycles. The van der Waals surface area contributed by atoms with E-state index in [0.717, 1.165) is 30.6 Å². The molecule has 3 rings (SSSR count). The summed E-state index contributed by atoms with van der Waals surface area (Å²) >= 11 is 0. The van der Waals surface area contributed by atoms with E-state index < -0.39 is 0 Å². The highest BCUT2D eigenvalue weighted by Gasteiger charge is 2.13. The number of amides is 2. The summed E-state index contributed by atoms with van der Waals surface area (Å²) in [5.41, 5.74) is 3.26. The van der Waals surface area contributed by atoms with Gasteiger partial charge >= 0.3 is 0 Å². The second-order valence-corrected chi connectivity index (χ2v) is 6.49. The van der Waals surface area contributed by atoms with Gasteiger partial charge in [-0.15, -0.1) is 0 Å². The van der Waals surface area contributed by atoms with Gasteiger partial charge < -0.3 is 10.6 Å². The van der Waals surface area contributed by atoms with Gasteiger partial charge in [0, 0.05) is 31.5 Å². The maximum atomic E-state index is 12.5. The lowest BCUT2D eigenvalue weighted by atomic mass is 10.2. The van der Waals surface area contributed by atoms with Gasteiger partial charge in [-0.3, -0.25) is 19.0 Å². The summed E-state index contributed by atoms with van der Waals surface area (Å²) in [5.74, 6) is -0.286. The minimum Gasteiger partial charge on any atom is -0.336 e. The molecule has 0 saturated carbocycles. The largest absolute Gasteiger partial charge is 0.336 e. The fourth-order valence-corrected chi connectivity index (χ4v) is 2.81. The number of rotatable bonds is 9. The molecule has 3 heterocycles. The Kier molecular flexibility index (Phi) is 6.51. The molecule has 9 heteroatoms. The molecule has 0 fully saturated rings. The van der Waals surface area contributed by atoms with E-state index >= 15 is 0 Å². The number of nitrogens with zero attached hydrogens (tertiary/aromatic N) is 5. The highest BCUT2D eigenvalue weighted by Crippen LogP contribution is 2.18. The number of aromatic nitrogens is 5. The van der Waals surface area contributed by atoms with Gasteiger partial charge in [-0.05, 0) is 38.1 Å². The Bertz CT molecular complexity index is 1020. The standard InChI is InChI=1S/C20H23N7O2/c1-15-19(13-26(2)25-15)24-20(29)18-8-6-7-17(23-18)16-11-22-27(12-16)10-5-3-4-9-21-14-28/h4,6-9,11-14H,3,5,10H2,1-2H3,(H,21,28)(H,24,29)/b9-4-. The Morgan fingerprint density at radius 2 is 2.14 bits per heavy atom. The van der Waals surface area contributed by atoms with Crippen LogP contribution in [0.15, 0.2) is 49.1 Å². The molecule has 0 atom stereocenters. The first-order chi connectivity index (χ1) is 14.1. The van der Waals surface area contributed by atoms with E-state index in [1.807, 2.05) is 29.9 Å². The van der Waals surface area contributed by atoms with Gasteiger partial charge in [0.1, 0.15) is 5.69 Å². The van der Waals surface area contributed by atoms with Crippen LogP contribution in [0.4, 0.5) is 5.69 Å². The molecule has 0 unspecified atom stereocenters. The van der Waals surface area contributed by atoms with E-state index in [-0.39, 0.29) is 5.91 Å². The van der Waals surface area contributed by atoms with Crippen molar-refractivity contribution in [2.24, 2.45) is 7.05 Å². The first-order valence-corrected chi connectivity index (χ1v) is 9.23. The van der Waals surface area contributed by atoms with Crippen LogP contribution in [0.2, 0.25) is 0 Å². The quantitative estimate of drug-likeness (QED) is 0.428. The molecule has 0 aliphatic carbocycles. The average Bonchev–Trinajstić information content (AvgIpc) is 3.31. The van der Waals surface area contributed by atoms with Crippen LogP contribution < -0.4 is 10.6 Å². The van der Waals surface area contributed by atoms with Gasteiger partial charge in [0.2, 0.25) is 6.41 Å². The van der Waals surface area contributed by atoms with Crippen LogP contribution in [0.1, 0.15) is 29.0 Å². The molecule has 0 aliphatic heterocycles. The van der Waals surface area contributed by atoms with Gasteiger partial charge in [0.05, 0.1) is 23.3 Å². The molecular formula is C20H23N7O2. The van der Waals surface area contributed by atoms with E-state index in [2.05, 4.69) is 25.8 Å². The fraction of sp³-hybridized carbons (Fsp3) is 0.250. The summed E-state index contributed by atoms with van der Waals surface area (Å²) in [4.78, 5) is 27.2. The average molecular weight is 393 g/mol. The SMILES string of the molecule is Cc1nn(C)cc1NC(=O)c1cccc(-c2cnn(CCC/C=C\NC=O)c2)n1. The Morgan fingerprint density at radius 1 is 1.28 bits per heavy atom. The first kappa shape index (κ1) is 20.0. The zero-order valence-electron chi connectivity index (χ0n) is 16.4. The van der Waals surface area contributed by atoms with E-state index in [4.69, 9.17) is 0 Å². The van der Waals surface area contributed by atoms with Crippen molar-refractivity contribution in [3.05, 3.63) is 60.5 Å². The minimum absolute atomic E-state index is 0.286. The molecule has 0 aromatic carbocycles. The van der Waals surface area contributed by atoms with Crippen LogP contribution >= 0.6 is 0 Å². The Morgan fingerprint density at radius 3 is 2.90 bits per heavy atom. The molecule has 0 spiro atoms. The van der Waals surface area contributed by atoms with Crippen LogP contribution in [0.5, 0.6) is 0 Å². The van der Waals surface area contributed by atoms with Gasteiger partial charge in [-0.1, -0.05) is 12.1 Å². The van der Waals surface area contributed by atoms with Crippen LogP contribution in [0.3, 0.4) is 0 Å². The molecule has 29 heavy (non-hydrogen) atoms. The molecule has 3 aromatic heterocycles. The summed E-state index contributed by atoms with van der Waals surface area (Å²) in [6, 6.07) is 5.32. The number of hydrogen-bond donors (Lipinski definition) is 2.